The first-order valence-electron chi connectivity index (χ1n) is 9.96. The van der Waals surface area contributed by atoms with E-state index in [0.717, 1.165) is 47.6 Å². The maximum atomic E-state index is 11.7. The predicted molar refractivity (Wildman–Crippen MR) is 113 cm³/mol. The summed E-state index contributed by atoms with van der Waals surface area (Å²) in [5, 5.41) is 2.98. The smallest absolute Gasteiger partial charge is 0.222 e. The van der Waals surface area contributed by atoms with Crippen LogP contribution in [0.15, 0.2) is 48.5 Å². The molecule has 0 fully saturated rings. The van der Waals surface area contributed by atoms with Gasteiger partial charge in [-0.3, -0.25) is 4.79 Å². The number of hydrogen-bond donors (Lipinski definition) is 1. The number of fused-ring (bicyclic) bond motifs is 1. The first kappa shape index (κ1) is 19.9. The van der Waals surface area contributed by atoms with Crippen LogP contribution in [0.2, 0.25) is 0 Å². The lowest BCUT2D eigenvalue weighted by molar-refractivity contribution is -0.123. The van der Waals surface area contributed by atoms with Gasteiger partial charge in [-0.05, 0) is 37.1 Å². The van der Waals surface area contributed by atoms with E-state index in [9.17, 15) is 4.79 Å². The second-order valence-electron chi connectivity index (χ2n) is 7.33. The van der Waals surface area contributed by atoms with Gasteiger partial charge in [-0.2, -0.15) is 0 Å². The van der Waals surface area contributed by atoms with Crippen LogP contribution in [0.5, 0.6) is 5.75 Å². The summed E-state index contributed by atoms with van der Waals surface area (Å²) in [6.45, 7) is 7.86. The van der Waals surface area contributed by atoms with E-state index in [1.165, 1.54) is 0 Å². The number of para-hydroxylation sites is 3. The minimum Gasteiger partial charge on any atom is -0.491 e. The van der Waals surface area contributed by atoms with Crippen LogP contribution in [0, 0.1) is 12.8 Å². The Kier molecular flexibility index (Phi) is 6.69. The Morgan fingerprint density at radius 3 is 2.68 bits per heavy atom. The van der Waals surface area contributed by atoms with E-state index in [-0.39, 0.29) is 11.8 Å². The summed E-state index contributed by atoms with van der Waals surface area (Å²) in [5.41, 5.74) is 3.26. The molecule has 5 nitrogen and oxygen atoms in total. The third kappa shape index (κ3) is 4.91. The number of aryl methyl sites for hydroxylation is 2. The van der Waals surface area contributed by atoms with Crippen molar-refractivity contribution in [2.75, 3.05) is 13.2 Å². The number of hydrogen-bond acceptors (Lipinski definition) is 3. The Morgan fingerprint density at radius 2 is 1.89 bits per heavy atom. The quantitative estimate of drug-likeness (QED) is 0.569. The third-order valence-electron chi connectivity index (χ3n) is 4.80. The topological polar surface area (TPSA) is 56.1 Å². The molecule has 148 valence electrons. The zero-order chi connectivity index (χ0) is 19.9. The Balaban J connectivity index is 1.65. The monoisotopic (exact) mass is 379 g/mol. The standard InChI is InChI=1S/C23H29N3O2/c1-17(2)23(27)24-14-8-13-22-25-19-10-5-6-11-20(19)26(22)15-16-28-21-12-7-4-9-18(21)3/h4-7,9-12,17H,8,13-16H2,1-3H3,(H,24,27). The molecule has 1 N–H and O–H groups in total. The highest BCUT2D eigenvalue weighted by atomic mass is 16.5. The minimum atomic E-state index is 0.0168. The number of rotatable bonds is 9. The molecule has 0 spiro atoms. The van der Waals surface area contributed by atoms with Gasteiger partial charge >= 0.3 is 0 Å². The van der Waals surface area contributed by atoms with Crippen LogP contribution in [0.3, 0.4) is 0 Å². The van der Waals surface area contributed by atoms with Crippen molar-refractivity contribution in [3.8, 4) is 5.75 Å². The molecule has 0 radical (unpaired) electrons. The van der Waals surface area contributed by atoms with Crippen molar-refractivity contribution in [2.45, 2.75) is 40.2 Å². The van der Waals surface area contributed by atoms with Gasteiger partial charge in [-0.25, -0.2) is 4.98 Å². The Labute approximate surface area is 166 Å². The number of nitrogens with zero attached hydrogens (tertiary/aromatic N) is 2. The summed E-state index contributed by atoms with van der Waals surface area (Å²) in [5.74, 6) is 2.07. The van der Waals surface area contributed by atoms with Gasteiger partial charge in [-0.15, -0.1) is 0 Å². The molecule has 2 aromatic carbocycles. The van der Waals surface area contributed by atoms with E-state index in [1.54, 1.807) is 0 Å². The fourth-order valence-corrected chi connectivity index (χ4v) is 3.19. The molecule has 0 bridgehead atoms. The van der Waals surface area contributed by atoms with Crippen molar-refractivity contribution in [1.82, 2.24) is 14.9 Å². The Bertz CT molecular complexity index is 930. The average Bonchev–Trinajstić information content (AvgIpc) is 3.04. The number of amides is 1. The van der Waals surface area contributed by atoms with Gasteiger partial charge in [0.25, 0.3) is 0 Å². The van der Waals surface area contributed by atoms with Gasteiger partial charge in [0, 0.05) is 18.9 Å². The SMILES string of the molecule is Cc1ccccc1OCCn1c(CCCNC(=O)C(C)C)nc2ccccc21. The van der Waals surface area contributed by atoms with Gasteiger partial charge in [0.15, 0.2) is 0 Å². The van der Waals surface area contributed by atoms with Crippen LogP contribution < -0.4 is 10.1 Å². The summed E-state index contributed by atoms with van der Waals surface area (Å²) in [6.07, 6.45) is 1.68. The molecule has 1 aromatic heterocycles. The number of aromatic nitrogens is 2. The number of benzene rings is 2. The van der Waals surface area contributed by atoms with Gasteiger partial charge in [0.1, 0.15) is 18.2 Å². The fourth-order valence-electron chi connectivity index (χ4n) is 3.19. The van der Waals surface area contributed by atoms with Crippen LogP contribution in [0.1, 0.15) is 31.7 Å². The summed E-state index contributed by atoms with van der Waals surface area (Å²) in [6, 6.07) is 16.2. The summed E-state index contributed by atoms with van der Waals surface area (Å²) < 4.78 is 8.23. The van der Waals surface area contributed by atoms with E-state index in [2.05, 4.69) is 28.9 Å². The van der Waals surface area contributed by atoms with Gasteiger partial charge in [-0.1, -0.05) is 44.2 Å². The molecule has 0 aliphatic carbocycles. The molecule has 3 rings (SSSR count). The van der Waals surface area contributed by atoms with Crippen molar-refractivity contribution in [3.05, 3.63) is 59.9 Å². The highest BCUT2D eigenvalue weighted by Gasteiger charge is 2.11. The van der Waals surface area contributed by atoms with Gasteiger partial charge in [0.2, 0.25) is 5.91 Å². The largest absolute Gasteiger partial charge is 0.491 e. The van der Waals surface area contributed by atoms with Crippen molar-refractivity contribution < 1.29 is 9.53 Å². The maximum absolute atomic E-state index is 11.7. The number of carbonyl (C=O) groups excluding carboxylic acids is 1. The lowest BCUT2D eigenvalue weighted by Crippen LogP contribution is -2.28. The van der Waals surface area contributed by atoms with Crippen molar-refractivity contribution in [3.63, 3.8) is 0 Å². The Hall–Kier alpha value is -2.82. The maximum Gasteiger partial charge on any atom is 0.222 e. The summed E-state index contributed by atoms with van der Waals surface area (Å²) in [7, 11) is 0. The molecule has 1 amide bonds. The molecule has 3 aromatic rings. The van der Waals surface area contributed by atoms with Gasteiger partial charge in [0.05, 0.1) is 17.6 Å². The highest BCUT2D eigenvalue weighted by molar-refractivity contribution is 5.77. The zero-order valence-corrected chi connectivity index (χ0v) is 16.9. The second kappa shape index (κ2) is 9.40. The number of carbonyl (C=O) groups is 1. The predicted octanol–water partition coefficient (Wildman–Crippen LogP) is 4.13. The van der Waals surface area contributed by atoms with E-state index in [1.807, 2.05) is 50.2 Å². The first-order valence-corrected chi connectivity index (χ1v) is 9.96. The number of imidazole rings is 1. The van der Waals surface area contributed by atoms with Crippen LogP contribution in [-0.2, 0) is 17.8 Å². The average molecular weight is 380 g/mol. The van der Waals surface area contributed by atoms with Crippen LogP contribution in [-0.4, -0.2) is 28.6 Å². The molecule has 0 aliphatic rings. The number of nitrogens with one attached hydrogen (secondary N) is 1. The highest BCUT2D eigenvalue weighted by Crippen LogP contribution is 2.19. The molecular weight excluding hydrogens is 350 g/mol. The summed E-state index contributed by atoms with van der Waals surface area (Å²) >= 11 is 0. The normalized spacial score (nSPS) is 11.1. The molecule has 28 heavy (non-hydrogen) atoms. The van der Waals surface area contributed by atoms with E-state index in [4.69, 9.17) is 9.72 Å². The molecule has 0 atom stereocenters. The molecule has 0 aliphatic heterocycles. The Morgan fingerprint density at radius 1 is 1.14 bits per heavy atom. The molecule has 0 unspecified atom stereocenters. The van der Waals surface area contributed by atoms with Crippen LogP contribution in [0.25, 0.3) is 11.0 Å². The van der Waals surface area contributed by atoms with Crippen LogP contribution >= 0.6 is 0 Å². The lowest BCUT2D eigenvalue weighted by Gasteiger charge is -2.12. The minimum absolute atomic E-state index is 0.0168. The second-order valence-corrected chi connectivity index (χ2v) is 7.33. The molecule has 1 heterocycles. The molecule has 0 saturated carbocycles. The fraction of sp³-hybridized carbons (Fsp3) is 0.391. The van der Waals surface area contributed by atoms with E-state index >= 15 is 0 Å². The van der Waals surface area contributed by atoms with E-state index in [0.29, 0.717) is 13.2 Å². The third-order valence-corrected chi connectivity index (χ3v) is 4.80. The van der Waals surface area contributed by atoms with E-state index < -0.39 is 0 Å². The first-order chi connectivity index (χ1) is 13.6. The number of ether oxygens (including phenoxy) is 1. The molecule has 5 heteroatoms. The summed E-state index contributed by atoms with van der Waals surface area (Å²) in [4.78, 5) is 16.5. The van der Waals surface area contributed by atoms with Crippen molar-refractivity contribution in [2.24, 2.45) is 5.92 Å². The molecular formula is C23H29N3O2. The van der Waals surface area contributed by atoms with Crippen LogP contribution in [0.4, 0.5) is 0 Å². The zero-order valence-electron chi connectivity index (χ0n) is 16.9. The molecule has 0 saturated heterocycles. The lowest BCUT2D eigenvalue weighted by atomic mass is 10.2. The van der Waals surface area contributed by atoms with Crippen molar-refractivity contribution >= 4 is 16.9 Å². The van der Waals surface area contributed by atoms with Gasteiger partial charge < -0.3 is 14.6 Å². The van der Waals surface area contributed by atoms with Crippen molar-refractivity contribution in [1.29, 1.82) is 0 Å².